The Bertz CT molecular complexity index is 754. The van der Waals surface area contributed by atoms with Crippen molar-refractivity contribution >= 4 is 11.8 Å². The number of benzene rings is 1. The Labute approximate surface area is 139 Å². The van der Waals surface area contributed by atoms with E-state index in [9.17, 15) is 14.0 Å². The highest BCUT2D eigenvalue weighted by Gasteiger charge is 2.33. The fourth-order valence-corrected chi connectivity index (χ4v) is 2.99. The average Bonchev–Trinajstić information content (AvgIpc) is 3.05. The Morgan fingerprint density at radius 1 is 1.17 bits per heavy atom. The molecule has 0 spiro atoms. The highest BCUT2D eigenvalue weighted by molar-refractivity contribution is 5.93. The number of hydrogen-bond acceptors (Lipinski definition) is 3. The summed E-state index contributed by atoms with van der Waals surface area (Å²) in [6.07, 6.45) is 1.42. The van der Waals surface area contributed by atoms with Crippen LogP contribution >= 0.6 is 0 Å². The molecule has 5 nitrogen and oxygen atoms in total. The van der Waals surface area contributed by atoms with E-state index in [-0.39, 0.29) is 35.4 Å². The van der Waals surface area contributed by atoms with Crippen LogP contribution in [0, 0.1) is 11.7 Å². The SMILES string of the molecule is C[C@H]1CC[C@@H](C(N)=O)CN1C(=O)c1ccc(-c2ccc(F)cc2)o1. The highest BCUT2D eigenvalue weighted by atomic mass is 19.1. The Morgan fingerprint density at radius 3 is 2.54 bits per heavy atom. The summed E-state index contributed by atoms with van der Waals surface area (Å²) in [6, 6.07) is 9.16. The van der Waals surface area contributed by atoms with E-state index < -0.39 is 0 Å². The topological polar surface area (TPSA) is 76.5 Å². The van der Waals surface area contributed by atoms with Crippen molar-refractivity contribution < 1.29 is 18.4 Å². The van der Waals surface area contributed by atoms with Gasteiger partial charge in [-0.15, -0.1) is 0 Å². The molecule has 0 saturated carbocycles. The molecule has 126 valence electrons. The van der Waals surface area contributed by atoms with Crippen LogP contribution in [0.1, 0.15) is 30.3 Å². The van der Waals surface area contributed by atoms with Crippen molar-refractivity contribution in [2.75, 3.05) is 6.54 Å². The van der Waals surface area contributed by atoms with E-state index in [4.69, 9.17) is 10.2 Å². The van der Waals surface area contributed by atoms with Crippen LogP contribution in [0.2, 0.25) is 0 Å². The quantitative estimate of drug-likeness (QED) is 0.940. The fourth-order valence-electron chi connectivity index (χ4n) is 2.99. The number of hydrogen-bond donors (Lipinski definition) is 1. The molecule has 6 heteroatoms. The number of nitrogens with two attached hydrogens (primary N) is 1. The molecular formula is C18H19FN2O3. The number of primary amides is 1. The molecule has 1 aliphatic heterocycles. The average molecular weight is 330 g/mol. The van der Waals surface area contributed by atoms with Crippen molar-refractivity contribution in [2.24, 2.45) is 11.7 Å². The Kier molecular flexibility index (Phi) is 4.38. The number of carbonyl (C=O) groups is 2. The lowest BCUT2D eigenvalue weighted by molar-refractivity contribution is -0.123. The lowest BCUT2D eigenvalue weighted by Gasteiger charge is -2.36. The van der Waals surface area contributed by atoms with E-state index in [1.807, 2.05) is 6.92 Å². The lowest BCUT2D eigenvalue weighted by atomic mass is 9.93. The standard InChI is InChI=1S/C18H19FN2O3/c1-11-2-3-13(17(20)22)10-21(11)18(23)16-9-8-15(24-16)12-4-6-14(19)7-5-12/h4-9,11,13H,2-3,10H2,1H3,(H2,20,22)/t11-,13+/m0/s1. The molecule has 0 radical (unpaired) electrons. The first-order valence-corrected chi connectivity index (χ1v) is 7.92. The van der Waals surface area contributed by atoms with Crippen molar-refractivity contribution in [1.82, 2.24) is 4.90 Å². The molecule has 2 aromatic rings. The minimum absolute atomic E-state index is 0.0208. The van der Waals surface area contributed by atoms with Gasteiger partial charge in [0.15, 0.2) is 5.76 Å². The Balaban J connectivity index is 1.80. The third kappa shape index (κ3) is 3.18. The van der Waals surface area contributed by atoms with Crippen LogP contribution in [0.15, 0.2) is 40.8 Å². The molecule has 0 aliphatic carbocycles. The second kappa shape index (κ2) is 6.47. The lowest BCUT2D eigenvalue weighted by Crippen LogP contribution is -2.48. The third-order valence-electron chi connectivity index (χ3n) is 4.49. The van der Waals surface area contributed by atoms with E-state index in [0.29, 0.717) is 24.3 Å². The van der Waals surface area contributed by atoms with Crippen LogP contribution < -0.4 is 5.73 Å². The van der Waals surface area contributed by atoms with E-state index in [1.165, 1.54) is 12.1 Å². The van der Waals surface area contributed by atoms with Gasteiger partial charge in [-0.1, -0.05) is 0 Å². The monoisotopic (exact) mass is 330 g/mol. The number of piperidine rings is 1. The summed E-state index contributed by atoms with van der Waals surface area (Å²) in [5.74, 6) is -0.605. The zero-order valence-corrected chi connectivity index (χ0v) is 13.4. The molecule has 0 bridgehead atoms. The minimum atomic E-state index is -0.383. The van der Waals surface area contributed by atoms with Crippen LogP contribution in [-0.4, -0.2) is 29.3 Å². The number of likely N-dealkylation sites (tertiary alicyclic amines) is 1. The molecule has 1 fully saturated rings. The van der Waals surface area contributed by atoms with E-state index in [2.05, 4.69) is 0 Å². The van der Waals surface area contributed by atoms with Crippen molar-refractivity contribution in [3.63, 3.8) is 0 Å². The normalized spacial score (nSPS) is 20.8. The first kappa shape index (κ1) is 16.2. The fraction of sp³-hybridized carbons (Fsp3) is 0.333. The number of halogens is 1. The molecule has 2 atom stereocenters. The van der Waals surface area contributed by atoms with Crippen LogP contribution in [0.25, 0.3) is 11.3 Å². The first-order chi connectivity index (χ1) is 11.5. The van der Waals surface area contributed by atoms with Crippen LogP contribution in [0.4, 0.5) is 4.39 Å². The molecule has 2 heterocycles. The van der Waals surface area contributed by atoms with Crippen molar-refractivity contribution in [1.29, 1.82) is 0 Å². The van der Waals surface area contributed by atoms with Gasteiger partial charge in [0.2, 0.25) is 5.91 Å². The van der Waals surface area contributed by atoms with Gasteiger partial charge in [0, 0.05) is 18.2 Å². The Morgan fingerprint density at radius 2 is 1.88 bits per heavy atom. The minimum Gasteiger partial charge on any atom is -0.451 e. The number of nitrogens with zero attached hydrogens (tertiary/aromatic N) is 1. The summed E-state index contributed by atoms with van der Waals surface area (Å²) in [5.41, 5.74) is 6.07. The summed E-state index contributed by atoms with van der Waals surface area (Å²) in [6.45, 7) is 2.25. The maximum atomic E-state index is 13.0. The van der Waals surface area contributed by atoms with Gasteiger partial charge in [-0.05, 0) is 56.2 Å². The van der Waals surface area contributed by atoms with Crippen LogP contribution in [-0.2, 0) is 4.79 Å². The largest absolute Gasteiger partial charge is 0.451 e. The zero-order valence-electron chi connectivity index (χ0n) is 13.4. The Hall–Kier alpha value is -2.63. The molecule has 0 unspecified atom stereocenters. The molecule has 2 N–H and O–H groups in total. The molecular weight excluding hydrogens is 311 g/mol. The number of carbonyl (C=O) groups excluding carboxylic acids is 2. The van der Waals surface area contributed by atoms with Crippen LogP contribution in [0.3, 0.4) is 0 Å². The smallest absolute Gasteiger partial charge is 0.289 e. The zero-order chi connectivity index (χ0) is 17.3. The molecule has 1 aromatic heterocycles. The highest BCUT2D eigenvalue weighted by Crippen LogP contribution is 2.27. The van der Waals surface area contributed by atoms with Crippen molar-refractivity contribution in [2.45, 2.75) is 25.8 Å². The number of rotatable bonds is 3. The van der Waals surface area contributed by atoms with Gasteiger partial charge in [-0.3, -0.25) is 9.59 Å². The summed E-state index contributed by atoms with van der Waals surface area (Å²) >= 11 is 0. The molecule has 24 heavy (non-hydrogen) atoms. The van der Waals surface area contributed by atoms with Gasteiger partial charge in [0.05, 0.1) is 5.92 Å². The predicted octanol–water partition coefficient (Wildman–Crippen LogP) is 2.81. The number of amides is 2. The maximum Gasteiger partial charge on any atom is 0.289 e. The third-order valence-corrected chi connectivity index (χ3v) is 4.49. The molecule has 1 aromatic carbocycles. The van der Waals surface area contributed by atoms with Gasteiger partial charge < -0.3 is 15.1 Å². The first-order valence-electron chi connectivity index (χ1n) is 7.92. The van der Waals surface area contributed by atoms with E-state index in [0.717, 1.165) is 6.42 Å². The van der Waals surface area contributed by atoms with Gasteiger partial charge in [-0.2, -0.15) is 0 Å². The summed E-state index contributed by atoms with van der Waals surface area (Å²) in [4.78, 5) is 25.7. The maximum absolute atomic E-state index is 13.0. The van der Waals surface area contributed by atoms with E-state index in [1.54, 1.807) is 29.2 Å². The second-order valence-corrected chi connectivity index (χ2v) is 6.15. The van der Waals surface area contributed by atoms with Gasteiger partial charge >= 0.3 is 0 Å². The number of furan rings is 1. The molecule has 2 amide bonds. The second-order valence-electron chi connectivity index (χ2n) is 6.15. The van der Waals surface area contributed by atoms with Crippen molar-refractivity contribution in [3.8, 4) is 11.3 Å². The summed E-state index contributed by atoms with van der Waals surface area (Å²) in [7, 11) is 0. The van der Waals surface area contributed by atoms with Gasteiger partial charge in [0.1, 0.15) is 11.6 Å². The molecule has 1 saturated heterocycles. The van der Waals surface area contributed by atoms with Crippen molar-refractivity contribution in [3.05, 3.63) is 48.0 Å². The summed E-state index contributed by atoms with van der Waals surface area (Å²) in [5, 5.41) is 0. The molecule has 1 aliphatic rings. The van der Waals surface area contributed by atoms with Crippen LogP contribution in [0.5, 0.6) is 0 Å². The molecule has 3 rings (SSSR count). The van der Waals surface area contributed by atoms with Gasteiger partial charge in [0.25, 0.3) is 5.91 Å². The van der Waals surface area contributed by atoms with E-state index >= 15 is 0 Å². The summed E-state index contributed by atoms with van der Waals surface area (Å²) < 4.78 is 18.6. The van der Waals surface area contributed by atoms with Gasteiger partial charge in [-0.25, -0.2) is 4.39 Å². The predicted molar refractivity (Wildman–Crippen MR) is 86.5 cm³/mol.